The molecule has 0 radical (unpaired) electrons. The fourth-order valence-corrected chi connectivity index (χ4v) is 0.850. The first kappa shape index (κ1) is 20.8. The molecular weight excluding hydrogens is 243 g/mol. The molecule has 0 atom stereocenters. The quantitative estimate of drug-likeness (QED) is 0.463. The SMILES string of the molecule is CC(C)OC(N)=S.CC(C)OC(N)=S.[H-].[Na+]. The van der Waals surface area contributed by atoms with Gasteiger partial charge in [0.25, 0.3) is 10.3 Å². The van der Waals surface area contributed by atoms with E-state index in [4.69, 9.17) is 20.9 Å². The van der Waals surface area contributed by atoms with Gasteiger partial charge in [-0.25, -0.2) is 0 Å². The molecule has 7 heteroatoms. The molecule has 0 unspecified atom stereocenters. The van der Waals surface area contributed by atoms with Gasteiger partial charge < -0.3 is 22.4 Å². The summed E-state index contributed by atoms with van der Waals surface area (Å²) in [5.74, 6) is 0. The van der Waals surface area contributed by atoms with Gasteiger partial charge in [0.15, 0.2) is 0 Å². The second kappa shape index (κ2) is 12.4. The third-order valence-corrected chi connectivity index (χ3v) is 0.896. The topological polar surface area (TPSA) is 70.5 Å². The van der Waals surface area contributed by atoms with E-state index in [2.05, 4.69) is 24.4 Å². The van der Waals surface area contributed by atoms with E-state index in [1.165, 1.54) is 0 Å². The largest absolute Gasteiger partial charge is 1.00 e. The van der Waals surface area contributed by atoms with Gasteiger partial charge in [-0.2, -0.15) is 0 Å². The fourth-order valence-electron chi connectivity index (χ4n) is 0.465. The molecule has 0 aliphatic carbocycles. The van der Waals surface area contributed by atoms with Crippen LogP contribution >= 0.6 is 24.4 Å². The van der Waals surface area contributed by atoms with Crippen molar-refractivity contribution in [3.05, 3.63) is 0 Å². The van der Waals surface area contributed by atoms with Gasteiger partial charge in [0.05, 0.1) is 12.2 Å². The normalized spacial score (nSPS) is 8.40. The molecule has 0 saturated heterocycles. The van der Waals surface area contributed by atoms with Crippen molar-refractivity contribution in [3.63, 3.8) is 0 Å². The summed E-state index contributed by atoms with van der Waals surface area (Å²) in [6, 6.07) is 0. The molecule has 0 aliphatic heterocycles. The molecule has 0 amide bonds. The van der Waals surface area contributed by atoms with Gasteiger partial charge in [-0.15, -0.1) is 0 Å². The zero-order valence-corrected chi connectivity index (χ0v) is 13.6. The van der Waals surface area contributed by atoms with Crippen LogP contribution in [0.5, 0.6) is 0 Å². The molecule has 0 aromatic heterocycles. The molecule has 15 heavy (non-hydrogen) atoms. The van der Waals surface area contributed by atoms with Crippen molar-refractivity contribution >= 4 is 34.8 Å². The van der Waals surface area contributed by atoms with Gasteiger partial charge >= 0.3 is 29.6 Å². The summed E-state index contributed by atoms with van der Waals surface area (Å²) >= 11 is 8.85. The molecule has 4 N–H and O–H groups in total. The molecule has 0 rings (SSSR count). The van der Waals surface area contributed by atoms with Crippen molar-refractivity contribution in [2.75, 3.05) is 0 Å². The molecule has 86 valence electrons. The second-order valence-corrected chi connectivity index (χ2v) is 3.78. The van der Waals surface area contributed by atoms with E-state index in [1.54, 1.807) is 0 Å². The van der Waals surface area contributed by atoms with E-state index < -0.39 is 0 Å². The molecule has 0 aromatic carbocycles. The zero-order valence-electron chi connectivity index (χ0n) is 10.9. The first-order valence-electron chi connectivity index (χ1n) is 4.17. The van der Waals surface area contributed by atoms with Crippen LogP contribution in [0.3, 0.4) is 0 Å². The summed E-state index contributed by atoms with van der Waals surface area (Å²) in [4.78, 5) is 0. The van der Waals surface area contributed by atoms with Gasteiger partial charge in [0, 0.05) is 0 Å². The summed E-state index contributed by atoms with van der Waals surface area (Å²) in [7, 11) is 0. The Kier molecular flexibility index (Phi) is 17.2. The number of thiocarbonyl (C=S) groups is 2. The minimum Gasteiger partial charge on any atom is -1.00 e. The smallest absolute Gasteiger partial charge is 1.00 e. The molecule has 0 heterocycles. The Morgan fingerprint density at radius 1 is 0.933 bits per heavy atom. The molecule has 0 aliphatic rings. The second-order valence-electron chi connectivity index (χ2n) is 2.97. The Labute approximate surface area is 126 Å². The Hall–Kier alpha value is 0.380. The average Bonchev–Trinajstić information content (AvgIpc) is 1.79. The molecule has 0 bridgehead atoms. The van der Waals surface area contributed by atoms with Gasteiger partial charge in [0.1, 0.15) is 0 Å². The maximum absolute atomic E-state index is 5.00. The standard InChI is InChI=1S/2C4H9NOS.Na.H/c2*1-3(2)6-4(5)7;;/h2*3H,1-2H3,(H2,5,7);;/q;;+1;-1. The van der Waals surface area contributed by atoms with Gasteiger partial charge in [0.2, 0.25) is 0 Å². The number of nitrogens with two attached hydrogens (primary N) is 2. The molecule has 0 spiro atoms. The van der Waals surface area contributed by atoms with Crippen LogP contribution in [0.15, 0.2) is 0 Å². The molecule has 0 fully saturated rings. The van der Waals surface area contributed by atoms with Crippen LogP contribution in [0, 0.1) is 0 Å². The Morgan fingerprint density at radius 2 is 1.13 bits per heavy atom. The zero-order chi connectivity index (χ0) is 11.7. The third-order valence-electron chi connectivity index (χ3n) is 0.704. The van der Waals surface area contributed by atoms with Gasteiger partial charge in [-0.1, -0.05) is 0 Å². The minimum atomic E-state index is 0. The van der Waals surface area contributed by atoms with E-state index in [0.29, 0.717) is 0 Å². The first-order valence-corrected chi connectivity index (χ1v) is 4.99. The van der Waals surface area contributed by atoms with Crippen LogP contribution in [0.25, 0.3) is 0 Å². The van der Waals surface area contributed by atoms with E-state index in [9.17, 15) is 0 Å². The minimum absolute atomic E-state index is 0. The number of hydrogen-bond donors (Lipinski definition) is 2. The monoisotopic (exact) mass is 262 g/mol. The van der Waals surface area contributed by atoms with Crippen LogP contribution in [-0.4, -0.2) is 22.6 Å². The van der Waals surface area contributed by atoms with Crippen LogP contribution in [0.4, 0.5) is 0 Å². The predicted molar refractivity (Wildman–Crippen MR) is 67.1 cm³/mol. The van der Waals surface area contributed by atoms with Crippen LogP contribution in [0.2, 0.25) is 0 Å². The third kappa shape index (κ3) is 31.4. The van der Waals surface area contributed by atoms with E-state index in [1.807, 2.05) is 27.7 Å². The van der Waals surface area contributed by atoms with Crippen LogP contribution in [-0.2, 0) is 9.47 Å². The van der Waals surface area contributed by atoms with Crippen LogP contribution in [0.1, 0.15) is 29.1 Å². The predicted octanol–water partition coefficient (Wildman–Crippen LogP) is -1.57. The molecular formula is C8H19N2NaO2S2. The van der Waals surface area contributed by atoms with Crippen molar-refractivity contribution in [1.82, 2.24) is 0 Å². The van der Waals surface area contributed by atoms with Crippen molar-refractivity contribution in [2.24, 2.45) is 11.5 Å². The summed E-state index contributed by atoms with van der Waals surface area (Å²) < 4.78 is 9.52. The molecule has 4 nitrogen and oxygen atoms in total. The van der Waals surface area contributed by atoms with Crippen molar-refractivity contribution in [3.8, 4) is 0 Å². The first-order chi connectivity index (χ1) is 6.25. The van der Waals surface area contributed by atoms with Gasteiger partial charge in [-0.3, -0.25) is 0 Å². The Morgan fingerprint density at radius 3 is 1.13 bits per heavy atom. The van der Waals surface area contributed by atoms with Crippen LogP contribution < -0.4 is 41.0 Å². The Balaban J connectivity index is -0.0000000800. The maximum atomic E-state index is 5.00. The Bertz CT molecular complexity index is 175. The average molecular weight is 262 g/mol. The fraction of sp³-hybridized carbons (Fsp3) is 0.750. The van der Waals surface area contributed by atoms with Crippen molar-refractivity contribution in [1.29, 1.82) is 0 Å². The summed E-state index contributed by atoms with van der Waals surface area (Å²) in [6.07, 6.45) is 0.218. The van der Waals surface area contributed by atoms with Crippen molar-refractivity contribution in [2.45, 2.75) is 39.9 Å². The summed E-state index contributed by atoms with van der Waals surface area (Å²) in [6.45, 7) is 7.50. The van der Waals surface area contributed by atoms with E-state index in [-0.39, 0.29) is 53.5 Å². The number of hydrogen-bond acceptors (Lipinski definition) is 4. The molecule has 0 saturated carbocycles. The summed E-state index contributed by atoms with van der Waals surface area (Å²) in [5.41, 5.74) is 10.0. The number of rotatable bonds is 2. The summed E-state index contributed by atoms with van der Waals surface area (Å²) in [5, 5.41) is 0.241. The molecule has 0 aromatic rings. The van der Waals surface area contributed by atoms with E-state index >= 15 is 0 Å². The maximum Gasteiger partial charge on any atom is 1.00 e. The van der Waals surface area contributed by atoms with Crippen molar-refractivity contribution < 1.29 is 40.5 Å². The van der Waals surface area contributed by atoms with Gasteiger partial charge in [-0.05, 0) is 52.1 Å². The van der Waals surface area contributed by atoms with E-state index in [0.717, 1.165) is 0 Å². The number of ether oxygens (including phenoxy) is 2.